The lowest BCUT2D eigenvalue weighted by molar-refractivity contribution is 0.0696. The predicted octanol–water partition coefficient (Wildman–Crippen LogP) is 1.39. The largest absolute Gasteiger partial charge is 0.478 e. The summed E-state index contributed by atoms with van der Waals surface area (Å²) < 4.78 is 1.59. The Morgan fingerprint density at radius 1 is 1.67 bits per heavy atom. The van der Waals surface area contributed by atoms with Crippen molar-refractivity contribution in [2.75, 3.05) is 0 Å². The van der Waals surface area contributed by atoms with E-state index in [4.69, 9.17) is 5.11 Å². The Hall–Kier alpha value is -1.69. The number of carboxylic acid groups (broad SMARTS) is 1. The van der Waals surface area contributed by atoms with Crippen LogP contribution < -0.4 is 0 Å². The van der Waals surface area contributed by atoms with Gasteiger partial charge in [0.25, 0.3) is 0 Å². The highest BCUT2D eigenvalue weighted by atomic mass is 32.1. The molecule has 0 aliphatic heterocycles. The fourth-order valence-electron chi connectivity index (χ4n) is 1.28. The number of rotatable bonds is 3. The van der Waals surface area contributed by atoms with Gasteiger partial charge in [-0.05, 0) is 6.92 Å². The van der Waals surface area contributed by atoms with Crippen LogP contribution in [0.5, 0.6) is 0 Å². The highest BCUT2D eigenvalue weighted by Gasteiger charge is 2.11. The van der Waals surface area contributed by atoms with Crippen LogP contribution in [0.2, 0.25) is 0 Å². The molecule has 78 valence electrons. The average molecular weight is 223 g/mol. The molecule has 0 radical (unpaired) electrons. The number of hydrogen-bond acceptors (Lipinski definition) is 4. The molecule has 0 spiro atoms. The standard InChI is InChI=1S/C9H9N3O2S/c1-6-7(9(13)14)4-12(11-6)5-8-10-2-3-15-8/h2-4H,5H2,1H3,(H,13,14). The molecule has 0 aromatic carbocycles. The van der Waals surface area contributed by atoms with Gasteiger partial charge in [0.2, 0.25) is 0 Å². The molecule has 0 fully saturated rings. The summed E-state index contributed by atoms with van der Waals surface area (Å²) in [4.78, 5) is 14.9. The van der Waals surface area contributed by atoms with Crippen molar-refractivity contribution >= 4 is 17.3 Å². The average Bonchev–Trinajstić information content (AvgIpc) is 2.75. The molecule has 15 heavy (non-hydrogen) atoms. The van der Waals surface area contributed by atoms with Gasteiger partial charge in [-0.2, -0.15) is 5.10 Å². The summed E-state index contributed by atoms with van der Waals surface area (Å²) in [5.41, 5.74) is 0.769. The monoisotopic (exact) mass is 223 g/mol. The van der Waals surface area contributed by atoms with Crippen molar-refractivity contribution in [1.29, 1.82) is 0 Å². The lowest BCUT2D eigenvalue weighted by Crippen LogP contribution is -1.99. The number of carbonyl (C=O) groups is 1. The highest BCUT2D eigenvalue weighted by Crippen LogP contribution is 2.09. The Bertz CT molecular complexity index is 476. The van der Waals surface area contributed by atoms with Crippen molar-refractivity contribution in [3.05, 3.63) is 34.0 Å². The van der Waals surface area contributed by atoms with Gasteiger partial charge in [-0.25, -0.2) is 9.78 Å². The molecule has 2 heterocycles. The second-order valence-electron chi connectivity index (χ2n) is 3.06. The van der Waals surface area contributed by atoms with Crippen molar-refractivity contribution in [1.82, 2.24) is 14.8 Å². The first-order chi connectivity index (χ1) is 7.16. The molecule has 0 saturated heterocycles. The Morgan fingerprint density at radius 2 is 2.47 bits per heavy atom. The van der Waals surface area contributed by atoms with E-state index < -0.39 is 5.97 Å². The minimum absolute atomic E-state index is 0.242. The quantitative estimate of drug-likeness (QED) is 0.853. The molecule has 2 aromatic heterocycles. The van der Waals surface area contributed by atoms with Crippen molar-refractivity contribution in [2.45, 2.75) is 13.5 Å². The van der Waals surface area contributed by atoms with Gasteiger partial charge >= 0.3 is 5.97 Å². The van der Waals surface area contributed by atoms with E-state index >= 15 is 0 Å². The van der Waals surface area contributed by atoms with E-state index in [-0.39, 0.29) is 5.56 Å². The lowest BCUT2D eigenvalue weighted by Gasteiger charge is -1.95. The summed E-state index contributed by atoms with van der Waals surface area (Å²) in [6, 6.07) is 0. The number of nitrogens with zero attached hydrogens (tertiary/aromatic N) is 3. The number of aromatic nitrogens is 3. The number of aromatic carboxylic acids is 1. The van der Waals surface area contributed by atoms with Crippen LogP contribution in [0.3, 0.4) is 0 Å². The van der Waals surface area contributed by atoms with E-state index in [1.54, 1.807) is 17.8 Å². The molecule has 6 heteroatoms. The zero-order chi connectivity index (χ0) is 10.8. The Morgan fingerprint density at radius 3 is 3.00 bits per heavy atom. The number of aryl methyl sites for hydroxylation is 1. The maximum atomic E-state index is 10.8. The summed E-state index contributed by atoms with van der Waals surface area (Å²) in [7, 11) is 0. The van der Waals surface area contributed by atoms with Gasteiger partial charge < -0.3 is 5.11 Å². The normalized spacial score (nSPS) is 10.5. The molecule has 0 bridgehead atoms. The van der Waals surface area contributed by atoms with Crippen LogP contribution in [-0.4, -0.2) is 25.8 Å². The molecule has 2 rings (SSSR count). The highest BCUT2D eigenvalue weighted by molar-refractivity contribution is 7.09. The number of carboxylic acids is 1. The molecule has 0 aliphatic carbocycles. The van der Waals surface area contributed by atoms with E-state index in [1.165, 1.54) is 17.5 Å². The van der Waals surface area contributed by atoms with E-state index in [1.807, 2.05) is 5.38 Å². The van der Waals surface area contributed by atoms with Gasteiger partial charge in [-0.1, -0.05) is 0 Å². The van der Waals surface area contributed by atoms with Gasteiger partial charge in [-0.3, -0.25) is 4.68 Å². The van der Waals surface area contributed by atoms with Crippen molar-refractivity contribution in [3.63, 3.8) is 0 Å². The first-order valence-corrected chi connectivity index (χ1v) is 5.20. The third-order valence-electron chi connectivity index (χ3n) is 1.96. The van der Waals surface area contributed by atoms with Gasteiger partial charge in [-0.15, -0.1) is 11.3 Å². The van der Waals surface area contributed by atoms with E-state index in [2.05, 4.69) is 10.1 Å². The smallest absolute Gasteiger partial charge is 0.339 e. The second kappa shape index (κ2) is 3.82. The summed E-state index contributed by atoms with van der Waals surface area (Å²) in [5, 5.41) is 15.7. The third-order valence-corrected chi connectivity index (χ3v) is 2.72. The molecule has 5 nitrogen and oxygen atoms in total. The zero-order valence-corrected chi connectivity index (χ0v) is 8.86. The third kappa shape index (κ3) is 2.04. The number of thiazole rings is 1. The molecular weight excluding hydrogens is 214 g/mol. The molecule has 1 N–H and O–H groups in total. The van der Waals surface area contributed by atoms with Gasteiger partial charge in [0.05, 0.1) is 12.2 Å². The molecule has 0 atom stereocenters. The van der Waals surface area contributed by atoms with Crippen LogP contribution in [0.25, 0.3) is 0 Å². The molecule has 0 amide bonds. The minimum Gasteiger partial charge on any atom is -0.478 e. The SMILES string of the molecule is Cc1nn(Cc2nccs2)cc1C(=O)O. The first kappa shape index (κ1) is 9.85. The van der Waals surface area contributed by atoms with E-state index in [9.17, 15) is 4.79 Å². The molecule has 0 aliphatic rings. The van der Waals surface area contributed by atoms with Crippen LogP contribution in [0.15, 0.2) is 17.8 Å². The summed E-state index contributed by atoms with van der Waals surface area (Å²) in [6.45, 7) is 2.20. The van der Waals surface area contributed by atoms with Crippen LogP contribution in [-0.2, 0) is 6.54 Å². The molecule has 0 unspecified atom stereocenters. The Labute approximate surface area is 90.0 Å². The van der Waals surface area contributed by atoms with Crippen LogP contribution >= 0.6 is 11.3 Å². The fraction of sp³-hybridized carbons (Fsp3) is 0.222. The van der Waals surface area contributed by atoms with Crippen molar-refractivity contribution in [2.24, 2.45) is 0 Å². The topological polar surface area (TPSA) is 68.0 Å². The summed E-state index contributed by atoms with van der Waals surface area (Å²) in [6.07, 6.45) is 3.24. The maximum absolute atomic E-state index is 10.8. The van der Waals surface area contributed by atoms with Crippen LogP contribution in [0.1, 0.15) is 21.1 Å². The van der Waals surface area contributed by atoms with Gasteiger partial charge in [0, 0.05) is 17.8 Å². The summed E-state index contributed by atoms with van der Waals surface area (Å²) in [5.74, 6) is -0.946. The minimum atomic E-state index is -0.946. The van der Waals surface area contributed by atoms with Crippen molar-refractivity contribution < 1.29 is 9.90 Å². The van der Waals surface area contributed by atoms with Gasteiger partial charge in [0.15, 0.2) is 0 Å². The van der Waals surface area contributed by atoms with Crippen LogP contribution in [0.4, 0.5) is 0 Å². The van der Waals surface area contributed by atoms with Gasteiger partial charge in [0.1, 0.15) is 10.6 Å². The Kier molecular flexibility index (Phi) is 2.51. The lowest BCUT2D eigenvalue weighted by atomic mass is 10.3. The molecule has 2 aromatic rings. The van der Waals surface area contributed by atoms with E-state index in [0.717, 1.165) is 5.01 Å². The van der Waals surface area contributed by atoms with Crippen molar-refractivity contribution in [3.8, 4) is 0 Å². The maximum Gasteiger partial charge on any atom is 0.339 e. The second-order valence-corrected chi connectivity index (χ2v) is 4.04. The molecular formula is C9H9N3O2S. The zero-order valence-electron chi connectivity index (χ0n) is 8.04. The predicted molar refractivity (Wildman–Crippen MR) is 55.1 cm³/mol. The van der Waals surface area contributed by atoms with E-state index in [0.29, 0.717) is 12.2 Å². The summed E-state index contributed by atoms with van der Waals surface area (Å²) >= 11 is 1.52. The van der Waals surface area contributed by atoms with Crippen LogP contribution in [0, 0.1) is 6.92 Å². The Balaban J connectivity index is 2.23. The fourth-order valence-corrected chi connectivity index (χ4v) is 1.89. The number of hydrogen-bond donors (Lipinski definition) is 1. The molecule has 0 saturated carbocycles. The first-order valence-electron chi connectivity index (χ1n) is 4.32.